The third kappa shape index (κ3) is 2.95. The number of H-pyrrole nitrogens is 1. The number of aromatic nitrogens is 3. The number of aromatic amines is 1. The zero-order chi connectivity index (χ0) is 17.2. The van der Waals surface area contributed by atoms with E-state index in [0.29, 0.717) is 19.7 Å². The first-order valence-corrected chi connectivity index (χ1v) is 8.52. The summed E-state index contributed by atoms with van der Waals surface area (Å²) in [5, 5.41) is 1.06. The van der Waals surface area contributed by atoms with E-state index in [4.69, 9.17) is 4.74 Å². The summed E-state index contributed by atoms with van der Waals surface area (Å²) in [6, 6.07) is 9.74. The highest BCUT2D eigenvalue weighted by Crippen LogP contribution is 2.31. The number of carbonyl (C=O) groups excluding carboxylic acids is 1. The molecule has 1 aliphatic heterocycles. The van der Waals surface area contributed by atoms with Crippen LogP contribution in [0.3, 0.4) is 0 Å². The first-order chi connectivity index (χ1) is 12.3. The fraction of sp³-hybridized carbons (Fsp3) is 0.316. The molecule has 0 radical (unpaired) electrons. The second-order valence-electron chi connectivity index (χ2n) is 6.28. The van der Waals surface area contributed by atoms with Crippen molar-refractivity contribution in [1.82, 2.24) is 15.0 Å². The minimum absolute atomic E-state index is 0.0993. The highest BCUT2D eigenvalue weighted by molar-refractivity contribution is 5.92. The van der Waals surface area contributed by atoms with Crippen LogP contribution in [0.1, 0.15) is 18.1 Å². The third-order valence-corrected chi connectivity index (χ3v) is 4.65. The molecule has 0 bridgehead atoms. The maximum atomic E-state index is 12.2. The standard InChI is InChI=1S/C19H20N4O2/c1-2-14-8-20-17-16(14)18(22-12-21-17)23-9-15(10-23)19(24)25-11-13-6-4-3-5-7-13/h3-8,12,15H,2,9-11H2,1H3,(H,20,21,22). The van der Waals surface area contributed by atoms with Gasteiger partial charge in [-0.2, -0.15) is 0 Å². The van der Waals surface area contributed by atoms with Gasteiger partial charge in [0.2, 0.25) is 0 Å². The Kier molecular flexibility index (Phi) is 4.09. The van der Waals surface area contributed by atoms with Crippen molar-refractivity contribution in [2.24, 2.45) is 5.92 Å². The fourth-order valence-electron chi connectivity index (χ4n) is 3.17. The Hall–Kier alpha value is -2.89. The van der Waals surface area contributed by atoms with Crippen LogP contribution in [0.5, 0.6) is 0 Å². The molecule has 0 amide bonds. The molecule has 25 heavy (non-hydrogen) atoms. The van der Waals surface area contributed by atoms with Gasteiger partial charge in [-0.25, -0.2) is 9.97 Å². The van der Waals surface area contributed by atoms with E-state index in [0.717, 1.165) is 28.8 Å². The average Bonchev–Trinajstić information content (AvgIpc) is 3.03. The molecule has 6 heteroatoms. The lowest BCUT2D eigenvalue weighted by molar-refractivity contribution is -0.150. The molecule has 6 nitrogen and oxygen atoms in total. The average molecular weight is 336 g/mol. The minimum Gasteiger partial charge on any atom is -0.460 e. The number of fused-ring (bicyclic) bond motifs is 1. The van der Waals surface area contributed by atoms with Crippen molar-refractivity contribution in [2.45, 2.75) is 20.0 Å². The highest BCUT2D eigenvalue weighted by Gasteiger charge is 2.36. The molecule has 0 unspecified atom stereocenters. The number of rotatable bonds is 5. The van der Waals surface area contributed by atoms with Crippen LogP contribution in [0.4, 0.5) is 5.82 Å². The van der Waals surface area contributed by atoms with Crippen LogP contribution >= 0.6 is 0 Å². The van der Waals surface area contributed by atoms with Crippen molar-refractivity contribution >= 4 is 22.8 Å². The van der Waals surface area contributed by atoms with E-state index in [-0.39, 0.29) is 11.9 Å². The zero-order valence-electron chi connectivity index (χ0n) is 14.1. The molecular weight excluding hydrogens is 316 g/mol. The Bertz CT molecular complexity index is 885. The maximum Gasteiger partial charge on any atom is 0.312 e. The summed E-state index contributed by atoms with van der Waals surface area (Å²) in [6.45, 7) is 3.70. The van der Waals surface area contributed by atoms with Gasteiger partial charge in [-0.15, -0.1) is 0 Å². The molecule has 1 saturated heterocycles. The van der Waals surface area contributed by atoms with Gasteiger partial charge in [-0.1, -0.05) is 37.3 Å². The van der Waals surface area contributed by atoms with Gasteiger partial charge in [0.25, 0.3) is 0 Å². The van der Waals surface area contributed by atoms with Crippen molar-refractivity contribution in [2.75, 3.05) is 18.0 Å². The number of anilines is 1. The van der Waals surface area contributed by atoms with Gasteiger partial charge in [0, 0.05) is 19.3 Å². The van der Waals surface area contributed by atoms with Crippen molar-refractivity contribution in [3.8, 4) is 0 Å². The number of aryl methyl sites for hydroxylation is 1. The monoisotopic (exact) mass is 336 g/mol. The van der Waals surface area contributed by atoms with Crippen molar-refractivity contribution < 1.29 is 9.53 Å². The molecule has 1 N–H and O–H groups in total. The number of benzene rings is 1. The molecule has 2 aromatic heterocycles. The van der Waals surface area contributed by atoms with Crippen LogP contribution < -0.4 is 4.90 Å². The van der Waals surface area contributed by atoms with Crippen molar-refractivity contribution in [1.29, 1.82) is 0 Å². The predicted octanol–water partition coefficient (Wildman–Crippen LogP) is 2.70. The van der Waals surface area contributed by atoms with E-state index < -0.39 is 0 Å². The maximum absolute atomic E-state index is 12.2. The van der Waals surface area contributed by atoms with E-state index in [1.165, 1.54) is 5.56 Å². The number of nitrogens with zero attached hydrogens (tertiary/aromatic N) is 3. The Balaban J connectivity index is 1.40. The Morgan fingerprint density at radius 1 is 1.28 bits per heavy atom. The van der Waals surface area contributed by atoms with Gasteiger partial charge >= 0.3 is 5.97 Å². The summed E-state index contributed by atoms with van der Waals surface area (Å²) in [7, 11) is 0. The fourth-order valence-corrected chi connectivity index (χ4v) is 3.17. The predicted molar refractivity (Wildman–Crippen MR) is 95.2 cm³/mol. The van der Waals surface area contributed by atoms with Gasteiger partial charge in [0.1, 0.15) is 24.4 Å². The van der Waals surface area contributed by atoms with E-state index in [2.05, 4.69) is 26.8 Å². The van der Waals surface area contributed by atoms with Gasteiger partial charge in [0.05, 0.1) is 11.3 Å². The zero-order valence-corrected chi connectivity index (χ0v) is 14.1. The topological polar surface area (TPSA) is 71.1 Å². The lowest BCUT2D eigenvalue weighted by Gasteiger charge is -2.38. The van der Waals surface area contributed by atoms with Crippen LogP contribution in [-0.2, 0) is 22.6 Å². The van der Waals surface area contributed by atoms with Gasteiger partial charge in [-0.05, 0) is 17.5 Å². The molecule has 4 rings (SSSR count). The lowest BCUT2D eigenvalue weighted by atomic mass is 9.99. The van der Waals surface area contributed by atoms with E-state index in [9.17, 15) is 4.79 Å². The minimum atomic E-state index is -0.143. The van der Waals surface area contributed by atoms with E-state index in [1.54, 1.807) is 6.33 Å². The van der Waals surface area contributed by atoms with Crippen LogP contribution in [0.2, 0.25) is 0 Å². The smallest absolute Gasteiger partial charge is 0.312 e. The largest absolute Gasteiger partial charge is 0.460 e. The van der Waals surface area contributed by atoms with Crippen LogP contribution in [-0.4, -0.2) is 34.0 Å². The second kappa shape index (κ2) is 6.55. The Morgan fingerprint density at radius 2 is 2.08 bits per heavy atom. The van der Waals surface area contributed by atoms with E-state index in [1.807, 2.05) is 36.5 Å². The third-order valence-electron chi connectivity index (χ3n) is 4.65. The molecule has 3 heterocycles. The van der Waals surface area contributed by atoms with Gasteiger partial charge < -0.3 is 14.6 Å². The summed E-state index contributed by atoms with van der Waals surface area (Å²) in [4.78, 5) is 26.2. The summed E-state index contributed by atoms with van der Waals surface area (Å²) in [5.74, 6) is 0.656. The molecule has 0 aliphatic carbocycles. The normalized spacial score (nSPS) is 14.5. The number of hydrogen-bond donors (Lipinski definition) is 1. The summed E-state index contributed by atoms with van der Waals surface area (Å²) in [6.07, 6.45) is 4.46. The molecule has 128 valence electrons. The molecule has 1 aromatic carbocycles. The number of ether oxygens (including phenoxy) is 1. The molecule has 0 saturated carbocycles. The van der Waals surface area contributed by atoms with E-state index >= 15 is 0 Å². The number of hydrogen-bond acceptors (Lipinski definition) is 5. The number of nitrogens with one attached hydrogen (secondary N) is 1. The quantitative estimate of drug-likeness (QED) is 0.725. The molecule has 3 aromatic rings. The van der Waals surface area contributed by atoms with Crippen LogP contribution in [0.15, 0.2) is 42.9 Å². The van der Waals surface area contributed by atoms with Gasteiger partial charge in [0.15, 0.2) is 0 Å². The molecule has 1 fully saturated rings. The lowest BCUT2D eigenvalue weighted by Crippen LogP contribution is -2.51. The summed E-state index contributed by atoms with van der Waals surface area (Å²) in [5.41, 5.74) is 3.04. The van der Waals surface area contributed by atoms with Crippen molar-refractivity contribution in [3.05, 3.63) is 54.0 Å². The molecule has 0 atom stereocenters. The Labute approximate surface area is 145 Å². The van der Waals surface area contributed by atoms with Crippen LogP contribution in [0.25, 0.3) is 11.0 Å². The molecule has 1 aliphatic rings. The number of esters is 1. The van der Waals surface area contributed by atoms with Gasteiger partial charge in [-0.3, -0.25) is 4.79 Å². The first kappa shape index (κ1) is 15.6. The number of carbonyl (C=O) groups is 1. The van der Waals surface area contributed by atoms with Crippen molar-refractivity contribution in [3.63, 3.8) is 0 Å². The second-order valence-corrected chi connectivity index (χ2v) is 6.28. The van der Waals surface area contributed by atoms with Crippen LogP contribution in [0, 0.1) is 5.92 Å². The molecule has 0 spiro atoms. The summed E-state index contributed by atoms with van der Waals surface area (Å²) >= 11 is 0. The highest BCUT2D eigenvalue weighted by atomic mass is 16.5. The Morgan fingerprint density at radius 3 is 2.84 bits per heavy atom. The molecular formula is C19H20N4O2. The summed E-state index contributed by atoms with van der Waals surface area (Å²) < 4.78 is 5.43. The SMILES string of the molecule is CCc1c[nH]c2ncnc(N3CC(C(=O)OCc4ccccc4)C3)c12. The first-order valence-electron chi connectivity index (χ1n) is 8.52.